The summed E-state index contributed by atoms with van der Waals surface area (Å²) in [6, 6.07) is 0. The number of anilines is 2. The van der Waals surface area contributed by atoms with Gasteiger partial charge in [-0.05, 0) is 0 Å². The second-order valence-corrected chi connectivity index (χ2v) is 4.42. The number of fused-ring (bicyclic) bond motifs is 1. The molecule has 0 fully saturated rings. The van der Waals surface area contributed by atoms with Crippen LogP contribution in [0.15, 0.2) is 0 Å². The van der Waals surface area contributed by atoms with Crippen molar-refractivity contribution in [2.24, 2.45) is 0 Å². The molecule has 1 aliphatic heterocycles. The molecule has 1 aromatic heterocycles. The number of thioether (sulfide) groups is 1. The topological polar surface area (TPSA) is 41.1 Å². The zero-order valence-electron chi connectivity index (χ0n) is 8.66. The lowest BCUT2D eigenvalue weighted by Crippen LogP contribution is -2.15. The van der Waals surface area contributed by atoms with Crippen LogP contribution in [0.5, 0.6) is 0 Å². The number of nitrogens with zero attached hydrogens (tertiary/aromatic N) is 3. The minimum Gasteiger partial charge on any atom is -0.373 e. The molecule has 2 heterocycles. The normalized spacial score (nSPS) is 13.9. The summed E-state index contributed by atoms with van der Waals surface area (Å²) in [5.41, 5.74) is 2.45. The molecular weight excluding hydrogens is 196 g/mol. The Morgan fingerprint density at radius 1 is 1.29 bits per heavy atom. The third-order valence-electron chi connectivity index (χ3n) is 2.20. The van der Waals surface area contributed by atoms with Crippen LogP contribution in [0.2, 0.25) is 0 Å². The Hall–Kier alpha value is -0.970. The molecule has 0 bridgehead atoms. The quantitative estimate of drug-likeness (QED) is 0.797. The fraction of sp³-hybridized carbons (Fsp3) is 0.556. The van der Waals surface area contributed by atoms with Gasteiger partial charge in [0.1, 0.15) is 5.82 Å². The minimum absolute atomic E-state index is 0.788. The Bertz CT molecular complexity index is 351. The van der Waals surface area contributed by atoms with E-state index >= 15 is 0 Å². The van der Waals surface area contributed by atoms with Gasteiger partial charge in [0.05, 0.1) is 5.69 Å². The highest BCUT2D eigenvalue weighted by molar-refractivity contribution is 7.98. The summed E-state index contributed by atoms with van der Waals surface area (Å²) in [6.07, 6.45) is 0. The molecule has 0 atom stereocenters. The lowest BCUT2D eigenvalue weighted by atomic mass is 10.2. The van der Waals surface area contributed by atoms with Crippen molar-refractivity contribution in [2.75, 3.05) is 31.4 Å². The van der Waals surface area contributed by atoms with Crippen LogP contribution in [-0.2, 0) is 11.5 Å². The maximum Gasteiger partial charge on any atom is 0.227 e. The molecule has 0 spiro atoms. The summed E-state index contributed by atoms with van der Waals surface area (Å²) in [6.45, 7) is 0. The Morgan fingerprint density at radius 2 is 2.07 bits per heavy atom. The van der Waals surface area contributed by atoms with Gasteiger partial charge >= 0.3 is 0 Å². The Morgan fingerprint density at radius 3 is 2.71 bits per heavy atom. The van der Waals surface area contributed by atoms with Crippen LogP contribution >= 0.6 is 11.8 Å². The van der Waals surface area contributed by atoms with Gasteiger partial charge in [0.2, 0.25) is 5.95 Å². The zero-order valence-corrected chi connectivity index (χ0v) is 9.48. The van der Waals surface area contributed by atoms with Gasteiger partial charge in [-0.1, -0.05) is 0 Å². The standard InChI is InChI=1S/C9H14N4S/c1-10-8-6-4-14-5-7(6)11-9(12-8)13(2)3/h4-5H2,1-3H3,(H,10,11,12). The monoisotopic (exact) mass is 210 g/mol. The van der Waals surface area contributed by atoms with Crippen molar-refractivity contribution in [3.63, 3.8) is 0 Å². The summed E-state index contributed by atoms with van der Waals surface area (Å²) in [4.78, 5) is 10.9. The summed E-state index contributed by atoms with van der Waals surface area (Å²) < 4.78 is 0. The van der Waals surface area contributed by atoms with Crippen molar-refractivity contribution in [3.8, 4) is 0 Å². The van der Waals surface area contributed by atoms with E-state index in [1.807, 2.05) is 37.8 Å². The Balaban J connectivity index is 2.49. The molecule has 0 saturated heterocycles. The number of hydrogen-bond acceptors (Lipinski definition) is 5. The molecule has 0 saturated carbocycles. The van der Waals surface area contributed by atoms with E-state index in [0.717, 1.165) is 23.3 Å². The maximum absolute atomic E-state index is 4.52. The molecular formula is C9H14N4S. The second-order valence-electron chi connectivity index (χ2n) is 3.43. The first-order chi connectivity index (χ1) is 6.72. The van der Waals surface area contributed by atoms with Crippen LogP contribution in [-0.4, -0.2) is 31.1 Å². The molecule has 0 aromatic carbocycles. The number of aromatic nitrogens is 2. The smallest absolute Gasteiger partial charge is 0.227 e. The molecule has 0 radical (unpaired) electrons. The molecule has 4 nitrogen and oxygen atoms in total. The summed E-state index contributed by atoms with van der Waals surface area (Å²) in [5, 5.41) is 3.13. The highest BCUT2D eigenvalue weighted by Gasteiger charge is 2.19. The van der Waals surface area contributed by atoms with Crippen LogP contribution in [0.4, 0.5) is 11.8 Å². The van der Waals surface area contributed by atoms with Crippen molar-refractivity contribution in [1.82, 2.24) is 9.97 Å². The molecule has 14 heavy (non-hydrogen) atoms. The third kappa shape index (κ3) is 1.52. The van der Waals surface area contributed by atoms with Crippen LogP contribution in [0, 0.1) is 0 Å². The van der Waals surface area contributed by atoms with Crippen molar-refractivity contribution in [1.29, 1.82) is 0 Å². The number of hydrogen-bond donors (Lipinski definition) is 1. The van der Waals surface area contributed by atoms with Crippen molar-refractivity contribution in [2.45, 2.75) is 11.5 Å². The predicted molar refractivity (Wildman–Crippen MR) is 60.9 cm³/mol. The van der Waals surface area contributed by atoms with Gasteiger partial charge in [-0.3, -0.25) is 0 Å². The van der Waals surface area contributed by atoms with E-state index in [1.54, 1.807) is 0 Å². The second kappa shape index (κ2) is 3.65. The van der Waals surface area contributed by atoms with E-state index in [4.69, 9.17) is 0 Å². The summed E-state index contributed by atoms with van der Waals surface area (Å²) in [7, 11) is 5.83. The SMILES string of the molecule is CNc1nc(N(C)C)nc2c1CSC2. The van der Waals surface area contributed by atoms with Crippen molar-refractivity contribution >= 4 is 23.5 Å². The van der Waals surface area contributed by atoms with Crippen LogP contribution in [0.25, 0.3) is 0 Å². The minimum atomic E-state index is 0.788. The number of rotatable bonds is 2. The molecule has 2 rings (SSSR count). The first kappa shape index (κ1) is 9.58. The lowest BCUT2D eigenvalue weighted by Gasteiger charge is -2.13. The lowest BCUT2D eigenvalue weighted by molar-refractivity contribution is 0.965. The molecule has 0 amide bonds. The largest absolute Gasteiger partial charge is 0.373 e. The van der Waals surface area contributed by atoms with Crippen LogP contribution in [0.3, 0.4) is 0 Å². The van der Waals surface area contributed by atoms with Gasteiger partial charge in [0.25, 0.3) is 0 Å². The van der Waals surface area contributed by atoms with Gasteiger partial charge in [0, 0.05) is 38.2 Å². The van der Waals surface area contributed by atoms with E-state index in [-0.39, 0.29) is 0 Å². The molecule has 1 aromatic rings. The summed E-state index contributed by atoms with van der Waals surface area (Å²) in [5.74, 6) is 3.80. The van der Waals surface area contributed by atoms with Gasteiger partial charge < -0.3 is 10.2 Å². The van der Waals surface area contributed by atoms with E-state index in [9.17, 15) is 0 Å². The van der Waals surface area contributed by atoms with Gasteiger partial charge in [-0.15, -0.1) is 0 Å². The van der Waals surface area contributed by atoms with E-state index in [0.29, 0.717) is 0 Å². The molecule has 1 aliphatic rings. The summed E-state index contributed by atoms with van der Waals surface area (Å²) >= 11 is 1.89. The molecule has 76 valence electrons. The van der Waals surface area contributed by atoms with E-state index < -0.39 is 0 Å². The van der Waals surface area contributed by atoms with Gasteiger partial charge in [-0.25, -0.2) is 4.98 Å². The molecule has 0 aliphatic carbocycles. The average molecular weight is 210 g/mol. The third-order valence-corrected chi connectivity index (χ3v) is 3.17. The highest BCUT2D eigenvalue weighted by Crippen LogP contribution is 2.33. The van der Waals surface area contributed by atoms with E-state index in [2.05, 4.69) is 15.3 Å². The van der Waals surface area contributed by atoms with Crippen LogP contribution in [0.1, 0.15) is 11.3 Å². The van der Waals surface area contributed by atoms with Crippen molar-refractivity contribution < 1.29 is 0 Å². The average Bonchev–Trinajstić information content (AvgIpc) is 2.63. The van der Waals surface area contributed by atoms with Gasteiger partial charge in [0.15, 0.2) is 0 Å². The Labute approximate surface area is 88.1 Å². The first-order valence-corrected chi connectivity index (χ1v) is 5.70. The molecule has 5 heteroatoms. The Kier molecular flexibility index (Phi) is 2.50. The molecule has 1 N–H and O–H groups in total. The maximum atomic E-state index is 4.52. The molecule has 0 unspecified atom stereocenters. The highest BCUT2D eigenvalue weighted by atomic mass is 32.2. The predicted octanol–water partition coefficient (Wildman–Crippen LogP) is 1.33. The zero-order chi connectivity index (χ0) is 10.1. The number of nitrogens with one attached hydrogen (secondary N) is 1. The van der Waals surface area contributed by atoms with Gasteiger partial charge in [-0.2, -0.15) is 16.7 Å². The first-order valence-electron chi connectivity index (χ1n) is 4.55. The van der Waals surface area contributed by atoms with Crippen LogP contribution < -0.4 is 10.2 Å². The fourth-order valence-electron chi connectivity index (χ4n) is 1.44. The fourth-order valence-corrected chi connectivity index (χ4v) is 2.49. The van der Waals surface area contributed by atoms with E-state index in [1.165, 1.54) is 11.3 Å². The van der Waals surface area contributed by atoms with Crippen molar-refractivity contribution in [3.05, 3.63) is 11.3 Å².